The molecule has 0 unspecified atom stereocenters. The number of hydrogen-bond donors (Lipinski definition) is 1. The van der Waals surface area contributed by atoms with Crippen molar-refractivity contribution < 1.29 is 4.79 Å². The van der Waals surface area contributed by atoms with Crippen LogP contribution in [0.1, 0.15) is 37.9 Å². The van der Waals surface area contributed by atoms with Crippen LogP contribution in [0.15, 0.2) is 18.2 Å². The molecule has 1 amide bonds. The van der Waals surface area contributed by atoms with Gasteiger partial charge in [-0.25, -0.2) is 9.67 Å². The molecule has 130 valence electrons. The fourth-order valence-corrected chi connectivity index (χ4v) is 3.58. The smallest absolute Gasteiger partial charge is 0.267 e. The van der Waals surface area contributed by atoms with Crippen molar-refractivity contribution in [3.63, 3.8) is 0 Å². The summed E-state index contributed by atoms with van der Waals surface area (Å²) < 4.78 is 1.68. The number of hydrogen-bond acceptors (Lipinski definition) is 4. The fourth-order valence-electron chi connectivity index (χ4n) is 2.50. The molecule has 0 saturated heterocycles. The van der Waals surface area contributed by atoms with Gasteiger partial charge in [0.15, 0.2) is 0 Å². The van der Waals surface area contributed by atoms with Crippen molar-refractivity contribution in [2.75, 3.05) is 5.32 Å². The Morgan fingerprint density at radius 2 is 1.84 bits per heavy atom. The van der Waals surface area contributed by atoms with Gasteiger partial charge in [-0.1, -0.05) is 29.0 Å². The molecule has 3 rings (SSSR count). The summed E-state index contributed by atoms with van der Waals surface area (Å²) in [5, 5.41) is 8.59. The zero-order valence-electron chi connectivity index (χ0n) is 14.8. The van der Waals surface area contributed by atoms with Gasteiger partial charge in [-0.3, -0.25) is 4.79 Å². The fraction of sp³-hybridized carbons (Fsp3) is 0.278. The number of amides is 1. The minimum Gasteiger partial charge on any atom is -0.321 e. The van der Waals surface area contributed by atoms with E-state index >= 15 is 0 Å². The van der Waals surface area contributed by atoms with Gasteiger partial charge in [0.2, 0.25) is 5.13 Å². The van der Waals surface area contributed by atoms with E-state index in [0.717, 1.165) is 22.6 Å². The van der Waals surface area contributed by atoms with Crippen LogP contribution in [0, 0.1) is 34.6 Å². The lowest BCUT2D eigenvalue weighted by molar-refractivity contribution is 0.103. The molecule has 2 heterocycles. The van der Waals surface area contributed by atoms with Crippen LogP contribution in [-0.4, -0.2) is 20.7 Å². The molecule has 0 aliphatic rings. The highest BCUT2D eigenvalue weighted by atomic mass is 35.5. The molecule has 0 saturated carbocycles. The van der Waals surface area contributed by atoms with Gasteiger partial charge >= 0.3 is 0 Å². The van der Waals surface area contributed by atoms with Crippen LogP contribution in [0.4, 0.5) is 5.69 Å². The van der Waals surface area contributed by atoms with Gasteiger partial charge in [0, 0.05) is 5.69 Å². The Bertz CT molecular complexity index is 974. The maximum absolute atomic E-state index is 12.6. The Hall–Kier alpha value is -2.18. The molecule has 0 radical (unpaired) electrons. The van der Waals surface area contributed by atoms with Crippen LogP contribution in [-0.2, 0) is 0 Å². The number of aryl methyl sites for hydroxylation is 4. The third-order valence-corrected chi connectivity index (χ3v) is 5.82. The van der Waals surface area contributed by atoms with Crippen molar-refractivity contribution in [1.82, 2.24) is 14.8 Å². The quantitative estimate of drug-likeness (QED) is 0.717. The topological polar surface area (TPSA) is 59.8 Å². The molecule has 0 aliphatic heterocycles. The minimum atomic E-state index is -0.169. The van der Waals surface area contributed by atoms with E-state index in [2.05, 4.69) is 15.4 Å². The SMILES string of the molecule is Cc1ccc(NC(=O)c2sc(-n3nc(C)c(Cl)c3C)nc2C)cc1C. The van der Waals surface area contributed by atoms with E-state index in [1.54, 1.807) is 4.68 Å². The lowest BCUT2D eigenvalue weighted by atomic mass is 10.1. The second-order valence-corrected chi connectivity index (χ2v) is 7.42. The van der Waals surface area contributed by atoms with E-state index < -0.39 is 0 Å². The van der Waals surface area contributed by atoms with E-state index in [4.69, 9.17) is 11.6 Å². The molecule has 1 N–H and O–H groups in total. The first-order valence-electron chi connectivity index (χ1n) is 7.86. The molecular formula is C18H19ClN4OS. The van der Waals surface area contributed by atoms with Crippen molar-refractivity contribution in [2.24, 2.45) is 0 Å². The van der Waals surface area contributed by atoms with E-state index in [1.165, 1.54) is 16.9 Å². The van der Waals surface area contributed by atoms with Crippen LogP contribution in [0.25, 0.3) is 5.13 Å². The predicted octanol–water partition coefficient (Wildman–Crippen LogP) is 4.78. The van der Waals surface area contributed by atoms with Gasteiger partial charge in [-0.15, -0.1) is 0 Å². The standard InChI is InChI=1S/C18H19ClN4OS/c1-9-6-7-14(8-10(9)2)21-17(24)16-12(4)20-18(25-16)23-13(5)15(19)11(3)22-23/h6-8H,1-5H3,(H,21,24). The van der Waals surface area contributed by atoms with Gasteiger partial charge in [0.05, 0.1) is 22.1 Å². The van der Waals surface area contributed by atoms with Crippen LogP contribution < -0.4 is 5.32 Å². The highest BCUT2D eigenvalue weighted by Gasteiger charge is 2.19. The van der Waals surface area contributed by atoms with Crippen molar-refractivity contribution in [3.05, 3.63) is 56.3 Å². The maximum Gasteiger partial charge on any atom is 0.267 e. The van der Waals surface area contributed by atoms with Gasteiger partial charge < -0.3 is 5.32 Å². The highest BCUT2D eigenvalue weighted by molar-refractivity contribution is 7.16. The summed E-state index contributed by atoms with van der Waals surface area (Å²) in [5.41, 5.74) is 5.33. The number of carbonyl (C=O) groups excluding carboxylic acids is 1. The second kappa shape index (κ2) is 6.61. The number of nitrogens with zero attached hydrogens (tertiary/aromatic N) is 3. The Morgan fingerprint density at radius 3 is 2.44 bits per heavy atom. The summed E-state index contributed by atoms with van der Waals surface area (Å²) in [7, 11) is 0. The lowest BCUT2D eigenvalue weighted by Gasteiger charge is -2.06. The summed E-state index contributed by atoms with van der Waals surface area (Å²) in [6.45, 7) is 9.61. The lowest BCUT2D eigenvalue weighted by Crippen LogP contribution is -2.11. The molecule has 0 spiro atoms. The molecule has 5 nitrogen and oxygen atoms in total. The summed E-state index contributed by atoms with van der Waals surface area (Å²) in [6.07, 6.45) is 0. The molecule has 25 heavy (non-hydrogen) atoms. The van der Waals surface area contributed by atoms with Crippen molar-refractivity contribution in [2.45, 2.75) is 34.6 Å². The Labute approximate surface area is 155 Å². The Morgan fingerprint density at radius 1 is 1.12 bits per heavy atom. The van der Waals surface area contributed by atoms with E-state index in [9.17, 15) is 4.79 Å². The average Bonchev–Trinajstić information content (AvgIpc) is 3.06. The zero-order chi connectivity index (χ0) is 18.3. The van der Waals surface area contributed by atoms with Crippen LogP contribution >= 0.6 is 22.9 Å². The normalized spacial score (nSPS) is 11.0. The Kier molecular flexibility index (Phi) is 4.67. The third kappa shape index (κ3) is 3.32. The van der Waals surface area contributed by atoms with E-state index in [1.807, 2.05) is 52.8 Å². The number of nitrogens with one attached hydrogen (secondary N) is 1. The number of carbonyl (C=O) groups is 1. The van der Waals surface area contributed by atoms with Crippen LogP contribution in [0.3, 0.4) is 0 Å². The Balaban J connectivity index is 1.90. The average molecular weight is 375 g/mol. The number of halogens is 1. The summed E-state index contributed by atoms with van der Waals surface area (Å²) in [4.78, 5) is 17.7. The number of anilines is 1. The first kappa shape index (κ1) is 17.6. The van der Waals surface area contributed by atoms with Crippen molar-refractivity contribution >= 4 is 34.5 Å². The predicted molar refractivity (Wildman–Crippen MR) is 102 cm³/mol. The summed E-state index contributed by atoms with van der Waals surface area (Å²) in [5.74, 6) is -0.169. The molecule has 3 aromatic rings. The van der Waals surface area contributed by atoms with E-state index in [0.29, 0.717) is 20.7 Å². The zero-order valence-corrected chi connectivity index (χ0v) is 16.3. The minimum absolute atomic E-state index is 0.169. The second-order valence-electron chi connectivity index (χ2n) is 6.06. The first-order valence-corrected chi connectivity index (χ1v) is 9.05. The number of benzene rings is 1. The molecular weight excluding hydrogens is 356 g/mol. The van der Waals surface area contributed by atoms with Gasteiger partial charge in [0.1, 0.15) is 4.88 Å². The largest absolute Gasteiger partial charge is 0.321 e. The van der Waals surface area contributed by atoms with Gasteiger partial charge in [-0.2, -0.15) is 5.10 Å². The molecule has 0 aliphatic carbocycles. The van der Waals surface area contributed by atoms with Crippen molar-refractivity contribution in [1.29, 1.82) is 0 Å². The number of aromatic nitrogens is 3. The molecule has 0 fully saturated rings. The molecule has 2 aromatic heterocycles. The first-order chi connectivity index (χ1) is 11.8. The highest BCUT2D eigenvalue weighted by Crippen LogP contribution is 2.27. The van der Waals surface area contributed by atoms with Gasteiger partial charge in [0.25, 0.3) is 5.91 Å². The van der Waals surface area contributed by atoms with Crippen molar-refractivity contribution in [3.8, 4) is 5.13 Å². The van der Waals surface area contributed by atoms with Crippen LogP contribution in [0.5, 0.6) is 0 Å². The number of rotatable bonds is 3. The maximum atomic E-state index is 12.6. The monoisotopic (exact) mass is 374 g/mol. The van der Waals surface area contributed by atoms with Crippen LogP contribution in [0.2, 0.25) is 5.02 Å². The third-order valence-electron chi connectivity index (χ3n) is 4.14. The summed E-state index contributed by atoms with van der Waals surface area (Å²) in [6, 6.07) is 5.86. The molecule has 0 bridgehead atoms. The summed E-state index contributed by atoms with van der Waals surface area (Å²) >= 11 is 7.51. The van der Waals surface area contributed by atoms with Gasteiger partial charge in [-0.05, 0) is 57.9 Å². The molecule has 1 aromatic carbocycles. The van der Waals surface area contributed by atoms with E-state index in [-0.39, 0.29) is 5.91 Å². The molecule has 7 heteroatoms. The number of thiazole rings is 1. The molecule has 0 atom stereocenters.